The van der Waals surface area contributed by atoms with E-state index in [4.69, 9.17) is 0 Å². The molecule has 1 heterocycles. The first kappa shape index (κ1) is 15.0. The van der Waals surface area contributed by atoms with Gasteiger partial charge in [-0.15, -0.1) is 11.3 Å². The van der Waals surface area contributed by atoms with E-state index in [9.17, 15) is 8.42 Å². The minimum atomic E-state index is -3.45. The third kappa shape index (κ3) is 3.17. The van der Waals surface area contributed by atoms with Crippen molar-refractivity contribution >= 4 is 27.0 Å². The van der Waals surface area contributed by atoms with Crippen LogP contribution in [0.2, 0.25) is 0 Å². The summed E-state index contributed by atoms with van der Waals surface area (Å²) in [4.78, 5) is 5.67. The van der Waals surface area contributed by atoms with Crippen molar-refractivity contribution in [2.24, 2.45) is 0 Å². The molecule has 7 heteroatoms. The molecule has 1 N–H and O–H groups in total. The zero-order valence-electron chi connectivity index (χ0n) is 11.6. The van der Waals surface area contributed by atoms with Gasteiger partial charge in [-0.1, -0.05) is 12.1 Å². The standard InChI is InChI=1S/C13H17N3O2S2/c1-10-8-15-13(19-10)9-14-11-6-4-5-7-12(11)20(17,18)16(2)3/h4-8,14H,9H2,1-3H3. The molecule has 0 saturated heterocycles. The second kappa shape index (κ2) is 5.90. The molecule has 1 aromatic carbocycles. The fourth-order valence-electron chi connectivity index (χ4n) is 1.69. The highest BCUT2D eigenvalue weighted by Gasteiger charge is 2.20. The van der Waals surface area contributed by atoms with E-state index in [1.54, 1.807) is 29.5 Å². The van der Waals surface area contributed by atoms with Crippen molar-refractivity contribution in [2.75, 3.05) is 19.4 Å². The van der Waals surface area contributed by atoms with Gasteiger partial charge < -0.3 is 5.32 Å². The Hall–Kier alpha value is -1.44. The van der Waals surface area contributed by atoms with E-state index in [0.29, 0.717) is 12.2 Å². The summed E-state index contributed by atoms with van der Waals surface area (Å²) in [6, 6.07) is 6.89. The maximum Gasteiger partial charge on any atom is 0.244 e. The van der Waals surface area contributed by atoms with Gasteiger partial charge in [0.1, 0.15) is 9.90 Å². The maximum absolute atomic E-state index is 12.2. The Balaban J connectivity index is 2.25. The molecule has 0 amide bonds. The number of hydrogen-bond donors (Lipinski definition) is 1. The lowest BCUT2D eigenvalue weighted by Crippen LogP contribution is -2.23. The lowest BCUT2D eigenvalue weighted by molar-refractivity contribution is 0.521. The summed E-state index contributed by atoms with van der Waals surface area (Å²) in [5.41, 5.74) is 0.592. The molecule has 0 aliphatic rings. The summed E-state index contributed by atoms with van der Waals surface area (Å²) in [6.45, 7) is 2.50. The summed E-state index contributed by atoms with van der Waals surface area (Å²) >= 11 is 1.59. The fraction of sp³-hybridized carbons (Fsp3) is 0.308. The first-order chi connectivity index (χ1) is 9.41. The van der Waals surface area contributed by atoms with Crippen LogP contribution in [0.3, 0.4) is 0 Å². The molecule has 108 valence electrons. The number of anilines is 1. The Kier molecular flexibility index (Phi) is 4.42. The number of nitrogens with one attached hydrogen (secondary N) is 1. The number of nitrogens with zero attached hydrogens (tertiary/aromatic N) is 2. The lowest BCUT2D eigenvalue weighted by atomic mass is 10.3. The average molecular weight is 311 g/mol. The van der Waals surface area contributed by atoms with Crippen LogP contribution in [0.4, 0.5) is 5.69 Å². The number of aromatic nitrogens is 1. The van der Waals surface area contributed by atoms with Gasteiger partial charge >= 0.3 is 0 Å². The highest BCUT2D eigenvalue weighted by atomic mass is 32.2. The lowest BCUT2D eigenvalue weighted by Gasteiger charge is -2.15. The van der Waals surface area contributed by atoms with E-state index in [1.807, 2.05) is 19.2 Å². The third-order valence-corrected chi connectivity index (χ3v) is 5.53. The number of aryl methyl sites for hydroxylation is 1. The zero-order chi connectivity index (χ0) is 14.8. The van der Waals surface area contributed by atoms with E-state index >= 15 is 0 Å². The molecule has 0 bridgehead atoms. The number of hydrogen-bond acceptors (Lipinski definition) is 5. The first-order valence-corrected chi connectivity index (χ1v) is 8.33. The molecule has 0 fully saturated rings. The van der Waals surface area contributed by atoms with Gasteiger partial charge in [0.05, 0.1) is 12.2 Å². The quantitative estimate of drug-likeness (QED) is 0.920. The zero-order valence-corrected chi connectivity index (χ0v) is 13.3. The van der Waals surface area contributed by atoms with Crippen LogP contribution < -0.4 is 5.32 Å². The molecule has 2 rings (SSSR count). The monoisotopic (exact) mass is 311 g/mol. The Morgan fingerprint density at radius 2 is 2.00 bits per heavy atom. The van der Waals surface area contributed by atoms with Gasteiger partial charge in [-0.05, 0) is 19.1 Å². The maximum atomic E-state index is 12.2. The van der Waals surface area contributed by atoms with Gasteiger partial charge in [-0.2, -0.15) is 0 Å². The number of para-hydroxylation sites is 1. The molecule has 2 aromatic rings. The van der Waals surface area contributed by atoms with Crippen LogP contribution >= 0.6 is 11.3 Å². The molecular formula is C13H17N3O2S2. The molecule has 0 aliphatic carbocycles. The van der Waals surface area contributed by atoms with Crippen LogP contribution in [0.1, 0.15) is 9.88 Å². The molecule has 0 saturated carbocycles. The van der Waals surface area contributed by atoms with Crippen LogP contribution in [-0.4, -0.2) is 31.8 Å². The summed E-state index contributed by atoms with van der Waals surface area (Å²) in [5, 5.41) is 4.08. The Morgan fingerprint density at radius 1 is 1.30 bits per heavy atom. The van der Waals surface area contributed by atoms with E-state index in [2.05, 4.69) is 10.3 Å². The van der Waals surface area contributed by atoms with Gasteiger partial charge in [0.25, 0.3) is 0 Å². The van der Waals surface area contributed by atoms with Crippen LogP contribution in [0.5, 0.6) is 0 Å². The average Bonchev–Trinajstić information content (AvgIpc) is 2.82. The molecule has 0 unspecified atom stereocenters. The van der Waals surface area contributed by atoms with Crippen molar-refractivity contribution in [3.8, 4) is 0 Å². The molecule has 0 radical (unpaired) electrons. The van der Waals surface area contributed by atoms with Crippen molar-refractivity contribution in [1.29, 1.82) is 0 Å². The van der Waals surface area contributed by atoms with Gasteiger partial charge in [0.2, 0.25) is 10.0 Å². The van der Waals surface area contributed by atoms with E-state index < -0.39 is 10.0 Å². The van der Waals surface area contributed by atoms with E-state index in [-0.39, 0.29) is 4.90 Å². The van der Waals surface area contributed by atoms with E-state index in [0.717, 1.165) is 9.88 Å². The van der Waals surface area contributed by atoms with Crippen LogP contribution in [0.15, 0.2) is 35.4 Å². The van der Waals surface area contributed by atoms with E-state index in [1.165, 1.54) is 18.4 Å². The fourth-order valence-corrected chi connectivity index (χ4v) is 3.48. The van der Waals surface area contributed by atoms with Gasteiger partial charge in [0, 0.05) is 25.2 Å². The number of sulfonamides is 1. The summed E-state index contributed by atoms with van der Waals surface area (Å²) in [7, 11) is -0.405. The highest BCUT2D eigenvalue weighted by Crippen LogP contribution is 2.24. The third-order valence-electron chi connectivity index (χ3n) is 2.74. The number of thiazole rings is 1. The van der Waals surface area contributed by atoms with Crippen molar-refractivity contribution in [1.82, 2.24) is 9.29 Å². The largest absolute Gasteiger partial charge is 0.377 e. The summed E-state index contributed by atoms with van der Waals surface area (Å²) < 4.78 is 25.7. The predicted molar refractivity (Wildman–Crippen MR) is 81.5 cm³/mol. The van der Waals surface area contributed by atoms with Crippen LogP contribution in [0, 0.1) is 6.92 Å². The Morgan fingerprint density at radius 3 is 2.60 bits per heavy atom. The molecular weight excluding hydrogens is 294 g/mol. The van der Waals surface area contributed by atoms with Gasteiger partial charge in [-0.3, -0.25) is 0 Å². The second-order valence-electron chi connectivity index (χ2n) is 4.50. The predicted octanol–water partition coefficient (Wildman–Crippen LogP) is 2.31. The minimum Gasteiger partial charge on any atom is -0.377 e. The normalized spacial score (nSPS) is 11.8. The van der Waals surface area contributed by atoms with Gasteiger partial charge in [0.15, 0.2) is 0 Å². The SMILES string of the molecule is Cc1cnc(CNc2ccccc2S(=O)(=O)N(C)C)s1. The number of rotatable bonds is 5. The first-order valence-electron chi connectivity index (χ1n) is 6.08. The molecule has 5 nitrogen and oxygen atoms in total. The molecule has 0 spiro atoms. The Bertz CT molecular complexity index is 693. The van der Waals surface area contributed by atoms with Crippen molar-refractivity contribution in [2.45, 2.75) is 18.4 Å². The van der Waals surface area contributed by atoms with Crippen molar-refractivity contribution in [3.05, 3.63) is 40.3 Å². The topological polar surface area (TPSA) is 62.3 Å². The summed E-state index contributed by atoms with van der Waals surface area (Å²) in [6.07, 6.45) is 1.81. The highest BCUT2D eigenvalue weighted by molar-refractivity contribution is 7.89. The second-order valence-corrected chi connectivity index (χ2v) is 7.94. The molecule has 20 heavy (non-hydrogen) atoms. The number of benzene rings is 1. The summed E-state index contributed by atoms with van der Waals surface area (Å²) in [5.74, 6) is 0. The van der Waals surface area contributed by atoms with Gasteiger partial charge in [-0.25, -0.2) is 17.7 Å². The smallest absolute Gasteiger partial charge is 0.244 e. The molecule has 0 atom stereocenters. The van der Waals surface area contributed by atoms with Crippen molar-refractivity contribution < 1.29 is 8.42 Å². The Labute approximate surface area is 123 Å². The minimum absolute atomic E-state index is 0.276. The molecule has 0 aliphatic heterocycles. The van der Waals surface area contributed by atoms with Crippen molar-refractivity contribution in [3.63, 3.8) is 0 Å². The van der Waals surface area contributed by atoms with Crippen LogP contribution in [0.25, 0.3) is 0 Å². The molecule has 1 aromatic heterocycles. The van der Waals surface area contributed by atoms with Crippen LogP contribution in [-0.2, 0) is 16.6 Å².